The molecule has 0 aromatic carbocycles. The van der Waals surface area contributed by atoms with Crippen molar-refractivity contribution in [3.05, 3.63) is 10.9 Å². The van der Waals surface area contributed by atoms with E-state index in [1.807, 2.05) is 6.07 Å². The SMILES string of the molecule is CN(C)C(=O)c1sc(NCCCOCC2CC2)cc1N. The van der Waals surface area contributed by atoms with Crippen molar-refractivity contribution >= 4 is 27.9 Å². The predicted molar refractivity (Wildman–Crippen MR) is 83.4 cm³/mol. The standard InChI is InChI=1S/C14H23N3O2S/c1-17(2)14(18)13-11(15)8-12(20-13)16-6-3-7-19-9-10-4-5-10/h8,10,16H,3-7,9,15H2,1-2H3. The van der Waals surface area contributed by atoms with Crippen LogP contribution in [0.25, 0.3) is 0 Å². The van der Waals surface area contributed by atoms with Crippen molar-refractivity contribution in [2.45, 2.75) is 19.3 Å². The number of nitrogens with two attached hydrogens (primary N) is 1. The van der Waals surface area contributed by atoms with Gasteiger partial charge in [0.1, 0.15) is 4.88 Å². The normalized spacial score (nSPS) is 14.3. The molecule has 2 rings (SSSR count). The maximum absolute atomic E-state index is 11.9. The number of hydrogen-bond acceptors (Lipinski definition) is 5. The molecule has 0 atom stereocenters. The van der Waals surface area contributed by atoms with Crippen LogP contribution in [0.2, 0.25) is 0 Å². The zero-order chi connectivity index (χ0) is 14.5. The topological polar surface area (TPSA) is 67.6 Å². The van der Waals surface area contributed by atoms with Crippen molar-refractivity contribution in [1.82, 2.24) is 4.90 Å². The van der Waals surface area contributed by atoms with Crippen LogP contribution in [-0.2, 0) is 4.74 Å². The van der Waals surface area contributed by atoms with Gasteiger partial charge in [-0.05, 0) is 31.2 Å². The Bertz CT molecular complexity index is 455. The summed E-state index contributed by atoms with van der Waals surface area (Å²) in [6.45, 7) is 2.53. The second kappa shape index (κ2) is 6.95. The number of thiophene rings is 1. The average Bonchev–Trinajstić information content (AvgIpc) is 3.15. The summed E-state index contributed by atoms with van der Waals surface area (Å²) in [5.41, 5.74) is 6.41. The number of nitrogens with zero attached hydrogens (tertiary/aromatic N) is 1. The molecular weight excluding hydrogens is 274 g/mol. The molecule has 1 aromatic heterocycles. The van der Waals surface area contributed by atoms with Gasteiger partial charge in [0.05, 0.1) is 10.7 Å². The van der Waals surface area contributed by atoms with Crippen LogP contribution in [0.15, 0.2) is 6.07 Å². The summed E-state index contributed by atoms with van der Waals surface area (Å²) in [7, 11) is 3.46. The van der Waals surface area contributed by atoms with E-state index in [9.17, 15) is 4.79 Å². The molecule has 1 fully saturated rings. The largest absolute Gasteiger partial charge is 0.397 e. The molecule has 1 saturated carbocycles. The fourth-order valence-corrected chi connectivity index (χ4v) is 2.81. The summed E-state index contributed by atoms with van der Waals surface area (Å²) in [6.07, 6.45) is 3.62. The van der Waals surface area contributed by atoms with E-state index in [1.54, 1.807) is 14.1 Å². The Kier molecular flexibility index (Phi) is 5.25. The third kappa shape index (κ3) is 4.38. The maximum Gasteiger partial charge on any atom is 0.265 e. The highest BCUT2D eigenvalue weighted by molar-refractivity contribution is 7.18. The maximum atomic E-state index is 11.9. The Labute approximate surface area is 124 Å². The van der Waals surface area contributed by atoms with Gasteiger partial charge in [-0.15, -0.1) is 11.3 Å². The van der Waals surface area contributed by atoms with E-state index < -0.39 is 0 Å². The number of carbonyl (C=O) groups excluding carboxylic acids is 1. The van der Waals surface area contributed by atoms with Gasteiger partial charge in [0.15, 0.2) is 0 Å². The van der Waals surface area contributed by atoms with E-state index >= 15 is 0 Å². The lowest BCUT2D eigenvalue weighted by molar-refractivity contribution is 0.0833. The molecule has 0 radical (unpaired) electrons. The van der Waals surface area contributed by atoms with Crippen LogP contribution < -0.4 is 11.1 Å². The summed E-state index contributed by atoms with van der Waals surface area (Å²) >= 11 is 1.41. The number of nitrogen functional groups attached to an aromatic ring is 1. The number of rotatable bonds is 8. The molecule has 0 bridgehead atoms. The van der Waals surface area contributed by atoms with Gasteiger partial charge in [0.2, 0.25) is 0 Å². The molecule has 0 aliphatic heterocycles. The average molecular weight is 297 g/mol. The number of ether oxygens (including phenoxy) is 1. The Morgan fingerprint density at radius 3 is 2.95 bits per heavy atom. The van der Waals surface area contributed by atoms with Gasteiger partial charge in [-0.2, -0.15) is 0 Å². The number of hydrogen-bond donors (Lipinski definition) is 2. The molecule has 112 valence electrons. The van der Waals surface area contributed by atoms with E-state index in [1.165, 1.54) is 29.1 Å². The summed E-state index contributed by atoms with van der Waals surface area (Å²) < 4.78 is 5.57. The van der Waals surface area contributed by atoms with Gasteiger partial charge in [-0.25, -0.2) is 0 Å². The highest BCUT2D eigenvalue weighted by atomic mass is 32.1. The van der Waals surface area contributed by atoms with Crippen molar-refractivity contribution in [2.75, 3.05) is 44.9 Å². The van der Waals surface area contributed by atoms with Gasteiger partial charge in [-0.3, -0.25) is 4.79 Å². The lowest BCUT2D eigenvalue weighted by Gasteiger charge is -2.08. The zero-order valence-electron chi connectivity index (χ0n) is 12.1. The molecule has 1 amide bonds. The van der Waals surface area contributed by atoms with Crippen molar-refractivity contribution in [1.29, 1.82) is 0 Å². The van der Waals surface area contributed by atoms with E-state index in [-0.39, 0.29) is 5.91 Å². The van der Waals surface area contributed by atoms with Crippen LogP contribution in [0.4, 0.5) is 10.7 Å². The highest BCUT2D eigenvalue weighted by Crippen LogP contribution is 2.30. The molecule has 0 saturated heterocycles. The first-order valence-electron chi connectivity index (χ1n) is 7.00. The fraction of sp³-hybridized carbons (Fsp3) is 0.643. The minimum atomic E-state index is -0.0479. The number of amides is 1. The highest BCUT2D eigenvalue weighted by Gasteiger charge is 2.20. The second-order valence-electron chi connectivity index (χ2n) is 5.39. The van der Waals surface area contributed by atoms with Crippen LogP contribution >= 0.6 is 11.3 Å². The molecule has 3 N–H and O–H groups in total. The smallest absolute Gasteiger partial charge is 0.265 e. The number of carbonyl (C=O) groups is 1. The van der Waals surface area contributed by atoms with Crippen molar-refractivity contribution < 1.29 is 9.53 Å². The molecule has 5 nitrogen and oxygen atoms in total. The second-order valence-corrected chi connectivity index (χ2v) is 6.45. The Morgan fingerprint density at radius 2 is 2.30 bits per heavy atom. The van der Waals surface area contributed by atoms with Gasteiger partial charge >= 0.3 is 0 Å². The third-order valence-electron chi connectivity index (χ3n) is 3.18. The van der Waals surface area contributed by atoms with Crippen molar-refractivity contribution in [3.8, 4) is 0 Å². The van der Waals surface area contributed by atoms with Gasteiger partial charge < -0.3 is 20.7 Å². The van der Waals surface area contributed by atoms with Crippen LogP contribution in [0, 0.1) is 5.92 Å². The monoisotopic (exact) mass is 297 g/mol. The molecule has 0 spiro atoms. The Morgan fingerprint density at radius 1 is 1.55 bits per heavy atom. The van der Waals surface area contributed by atoms with E-state index in [4.69, 9.17) is 10.5 Å². The number of nitrogens with one attached hydrogen (secondary N) is 1. The van der Waals surface area contributed by atoms with Crippen LogP contribution in [0.1, 0.15) is 28.9 Å². The van der Waals surface area contributed by atoms with E-state index in [2.05, 4.69) is 5.32 Å². The first-order valence-corrected chi connectivity index (χ1v) is 7.82. The summed E-state index contributed by atoms with van der Waals surface area (Å²) in [5, 5.41) is 4.23. The summed E-state index contributed by atoms with van der Waals surface area (Å²) in [5.74, 6) is 0.771. The van der Waals surface area contributed by atoms with Crippen LogP contribution in [0.5, 0.6) is 0 Å². The molecule has 1 aliphatic rings. The molecular formula is C14H23N3O2S. The third-order valence-corrected chi connectivity index (χ3v) is 4.27. The Balaban J connectivity index is 1.69. The molecule has 20 heavy (non-hydrogen) atoms. The first kappa shape index (κ1) is 15.1. The predicted octanol–water partition coefficient (Wildman–Crippen LogP) is 2.26. The van der Waals surface area contributed by atoms with Gasteiger partial charge in [0, 0.05) is 33.9 Å². The Hall–Kier alpha value is -1.27. The lowest BCUT2D eigenvalue weighted by atomic mass is 10.3. The minimum Gasteiger partial charge on any atom is -0.397 e. The van der Waals surface area contributed by atoms with Gasteiger partial charge in [0.25, 0.3) is 5.91 Å². The van der Waals surface area contributed by atoms with E-state index in [0.29, 0.717) is 10.6 Å². The molecule has 1 heterocycles. The lowest BCUT2D eigenvalue weighted by Crippen LogP contribution is -2.21. The quantitative estimate of drug-likeness (QED) is 0.722. The molecule has 1 aliphatic carbocycles. The molecule has 6 heteroatoms. The summed E-state index contributed by atoms with van der Waals surface area (Å²) in [6, 6.07) is 1.83. The summed E-state index contributed by atoms with van der Waals surface area (Å²) in [4.78, 5) is 14.0. The van der Waals surface area contributed by atoms with Crippen molar-refractivity contribution in [3.63, 3.8) is 0 Å². The van der Waals surface area contributed by atoms with Gasteiger partial charge in [-0.1, -0.05) is 0 Å². The van der Waals surface area contributed by atoms with Crippen molar-refractivity contribution in [2.24, 2.45) is 5.92 Å². The molecule has 0 unspecified atom stereocenters. The fourth-order valence-electron chi connectivity index (χ4n) is 1.78. The van der Waals surface area contributed by atoms with Crippen LogP contribution in [-0.4, -0.2) is 44.7 Å². The molecule has 1 aromatic rings. The minimum absolute atomic E-state index is 0.0479. The number of anilines is 2. The first-order chi connectivity index (χ1) is 9.58. The van der Waals surface area contributed by atoms with E-state index in [0.717, 1.165) is 37.1 Å². The zero-order valence-corrected chi connectivity index (χ0v) is 13.0. The van der Waals surface area contributed by atoms with Crippen LogP contribution in [0.3, 0.4) is 0 Å².